The van der Waals surface area contributed by atoms with Crippen molar-refractivity contribution in [3.05, 3.63) is 59.0 Å². The highest BCUT2D eigenvalue weighted by atomic mass is 16.3. The van der Waals surface area contributed by atoms with Crippen LogP contribution in [0.3, 0.4) is 0 Å². The van der Waals surface area contributed by atoms with Gasteiger partial charge in [0.15, 0.2) is 0 Å². The molecule has 102 valence electrons. The molecule has 0 aliphatic carbocycles. The van der Waals surface area contributed by atoms with Crippen molar-refractivity contribution in [3.63, 3.8) is 0 Å². The third-order valence-corrected chi connectivity index (χ3v) is 3.82. The van der Waals surface area contributed by atoms with Gasteiger partial charge in [0.05, 0.1) is 6.26 Å². The van der Waals surface area contributed by atoms with E-state index in [2.05, 4.69) is 37.4 Å². The van der Waals surface area contributed by atoms with Gasteiger partial charge in [-0.2, -0.15) is 0 Å². The maximum absolute atomic E-state index is 5.40. The second-order valence-electron chi connectivity index (χ2n) is 5.18. The van der Waals surface area contributed by atoms with Crippen LogP contribution in [0.15, 0.2) is 41.0 Å². The van der Waals surface area contributed by atoms with E-state index in [4.69, 9.17) is 4.42 Å². The van der Waals surface area contributed by atoms with E-state index in [9.17, 15) is 0 Å². The third-order valence-electron chi connectivity index (χ3n) is 3.82. The molecule has 1 N–H and O–H groups in total. The molecule has 0 aliphatic heterocycles. The van der Waals surface area contributed by atoms with Gasteiger partial charge in [-0.1, -0.05) is 18.2 Å². The van der Waals surface area contributed by atoms with Gasteiger partial charge in [-0.25, -0.2) is 0 Å². The highest BCUT2D eigenvalue weighted by Gasteiger charge is 2.11. The molecule has 1 aromatic heterocycles. The summed E-state index contributed by atoms with van der Waals surface area (Å²) in [6, 6.07) is 11.0. The lowest BCUT2D eigenvalue weighted by Gasteiger charge is -2.18. The fourth-order valence-electron chi connectivity index (χ4n) is 2.54. The average Bonchev–Trinajstić information content (AvgIpc) is 2.91. The van der Waals surface area contributed by atoms with Gasteiger partial charge < -0.3 is 9.73 Å². The highest BCUT2D eigenvalue weighted by molar-refractivity contribution is 5.34. The summed E-state index contributed by atoms with van der Waals surface area (Å²) in [7, 11) is 2.04. The van der Waals surface area contributed by atoms with E-state index in [1.807, 2.05) is 19.2 Å². The zero-order valence-corrected chi connectivity index (χ0v) is 12.1. The first kappa shape index (κ1) is 13.9. The maximum Gasteiger partial charge on any atom is 0.103 e. The lowest BCUT2D eigenvalue weighted by atomic mass is 9.94. The molecule has 2 rings (SSSR count). The summed E-state index contributed by atoms with van der Waals surface area (Å²) in [4.78, 5) is 0. The first-order valence-corrected chi connectivity index (χ1v) is 6.95. The number of hydrogen-bond acceptors (Lipinski definition) is 2. The molecule has 1 atom stereocenters. The molecule has 1 aromatic carbocycles. The zero-order valence-electron chi connectivity index (χ0n) is 12.1. The fourth-order valence-corrected chi connectivity index (χ4v) is 2.54. The summed E-state index contributed by atoms with van der Waals surface area (Å²) in [5, 5.41) is 3.43. The number of likely N-dealkylation sites (N-methyl/N-ethyl adjacent to an activating group) is 1. The Morgan fingerprint density at radius 1 is 1.11 bits per heavy atom. The normalized spacial score (nSPS) is 12.6. The molecule has 1 heterocycles. The van der Waals surface area contributed by atoms with Crippen LogP contribution in [0.4, 0.5) is 0 Å². The van der Waals surface area contributed by atoms with Crippen molar-refractivity contribution in [2.75, 3.05) is 7.05 Å². The van der Waals surface area contributed by atoms with Gasteiger partial charge in [-0.15, -0.1) is 0 Å². The predicted molar refractivity (Wildman–Crippen MR) is 79.5 cm³/mol. The number of rotatable bonds is 6. The summed E-state index contributed by atoms with van der Waals surface area (Å²) in [5.41, 5.74) is 4.25. The van der Waals surface area contributed by atoms with Crippen LogP contribution in [0, 0.1) is 13.8 Å². The molecule has 0 fully saturated rings. The van der Waals surface area contributed by atoms with Crippen LogP contribution in [0.5, 0.6) is 0 Å². The lowest BCUT2D eigenvalue weighted by molar-refractivity contribution is 0.459. The minimum absolute atomic E-state index is 0.491. The van der Waals surface area contributed by atoms with Crippen molar-refractivity contribution >= 4 is 0 Å². The number of nitrogens with one attached hydrogen (secondary N) is 1. The molecule has 0 bridgehead atoms. The summed E-state index contributed by atoms with van der Waals surface area (Å²) < 4.78 is 5.40. The van der Waals surface area contributed by atoms with Gasteiger partial charge in [-0.3, -0.25) is 0 Å². The Balaban J connectivity index is 1.98. The second-order valence-corrected chi connectivity index (χ2v) is 5.18. The van der Waals surface area contributed by atoms with Gasteiger partial charge in [0.1, 0.15) is 5.76 Å². The zero-order chi connectivity index (χ0) is 13.7. The second kappa shape index (κ2) is 6.58. The quantitative estimate of drug-likeness (QED) is 0.854. The van der Waals surface area contributed by atoms with Crippen LogP contribution in [0.25, 0.3) is 0 Å². The summed E-state index contributed by atoms with van der Waals surface area (Å²) in [6.07, 6.45) is 4.91. The Hall–Kier alpha value is -1.54. The standard InChI is InChI=1S/C17H23NO/c1-13-6-4-7-14(2)17(13)12-15(18-3)9-10-16-8-5-11-19-16/h4-8,11,15,18H,9-10,12H2,1-3H3. The molecule has 0 saturated carbocycles. The van der Waals surface area contributed by atoms with E-state index in [1.54, 1.807) is 6.26 Å². The largest absolute Gasteiger partial charge is 0.469 e. The van der Waals surface area contributed by atoms with Gasteiger partial charge in [0.25, 0.3) is 0 Å². The van der Waals surface area contributed by atoms with Crippen LogP contribution in [-0.4, -0.2) is 13.1 Å². The molecule has 19 heavy (non-hydrogen) atoms. The molecule has 0 saturated heterocycles. The smallest absolute Gasteiger partial charge is 0.103 e. The number of aryl methyl sites for hydroxylation is 3. The van der Waals surface area contributed by atoms with E-state index in [1.165, 1.54) is 16.7 Å². The van der Waals surface area contributed by atoms with Crippen LogP contribution in [-0.2, 0) is 12.8 Å². The highest BCUT2D eigenvalue weighted by Crippen LogP contribution is 2.17. The average molecular weight is 257 g/mol. The van der Waals surface area contributed by atoms with E-state index in [-0.39, 0.29) is 0 Å². The molecule has 2 nitrogen and oxygen atoms in total. The van der Waals surface area contributed by atoms with Gasteiger partial charge >= 0.3 is 0 Å². The summed E-state index contributed by atoms with van der Waals surface area (Å²) in [6.45, 7) is 4.39. The minimum Gasteiger partial charge on any atom is -0.469 e. The van der Waals surface area contributed by atoms with Crippen LogP contribution in [0.2, 0.25) is 0 Å². The van der Waals surface area contributed by atoms with E-state index in [0.29, 0.717) is 6.04 Å². The van der Waals surface area contributed by atoms with E-state index < -0.39 is 0 Å². The van der Waals surface area contributed by atoms with Gasteiger partial charge in [0.2, 0.25) is 0 Å². The van der Waals surface area contributed by atoms with Gasteiger partial charge in [-0.05, 0) is 62.6 Å². The van der Waals surface area contributed by atoms with Crippen LogP contribution >= 0.6 is 0 Å². The molecule has 0 radical (unpaired) electrons. The molecule has 2 heteroatoms. The lowest BCUT2D eigenvalue weighted by Crippen LogP contribution is -2.28. The van der Waals surface area contributed by atoms with Gasteiger partial charge in [0, 0.05) is 12.5 Å². The maximum atomic E-state index is 5.40. The van der Waals surface area contributed by atoms with Crippen molar-refractivity contribution in [2.45, 2.75) is 39.2 Å². The Labute approximate surface area is 115 Å². The third kappa shape index (κ3) is 3.71. The molecular weight excluding hydrogens is 234 g/mol. The molecule has 0 aliphatic rings. The first-order valence-electron chi connectivity index (χ1n) is 6.95. The van der Waals surface area contributed by atoms with Crippen molar-refractivity contribution in [2.24, 2.45) is 0 Å². The Morgan fingerprint density at radius 3 is 2.42 bits per heavy atom. The SMILES string of the molecule is CNC(CCc1ccco1)Cc1c(C)cccc1C. The van der Waals surface area contributed by atoms with Crippen LogP contribution in [0.1, 0.15) is 28.9 Å². The van der Waals surface area contributed by atoms with Crippen LogP contribution < -0.4 is 5.32 Å². The Bertz CT molecular complexity index is 482. The molecule has 0 spiro atoms. The monoisotopic (exact) mass is 257 g/mol. The Kier molecular flexibility index (Phi) is 4.80. The molecule has 0 amide bonds. The minimum atomic E-state index is 0.491. The molecule has 2 aromatic rings. The fraction of sp³-hybridized carbons (Fsp3) is 0.412. The predicted octanol–water partition coefficient (Wildman–Crippen LogP) is 3.66. The van der Waals surface area contributed by atoms with E-state index >= 15 is 0 Å². The van der Waals surface area contributed by atoms with Crippen molar-refractivity contribution < 1.29 is 4.42 Å². The summed E-state index contributed by atoms with van der Waals surface area (Å²) >= 11 is 0. The van der Waals surface area contributed by atoms with Crippen molar-refractivity contribution in [3.8, 4) is 0 Å². The Morgan fingerprint density at radius 2 is 1.84 bits per heavy atom. The number of hydrogen-bond donors (Lipinski definition) is 1. The van der Waals surface area contributed by atoms with Crippen molar-refractivity contribution in [1.29, 1.82) is 0 Å². The first-order chi connectivity index (χ1) is 9.20. The summed E-state index contributed by atoms with van der Waals surface area (Å²) in [5.74, 6) is 1.07. The number of furan rings is 1. The molecule has 1 unspecified atom stereocenters. The molecular formula is C17H23NO. The topological polar surface area (TPSA) is 25.2 Å². The van der Waals surface area contributed by atoms with E-state index in [0.717, 1.165) is 25.0 Å². The van der Waals surface area contributed by atoms with Crippen molar-refractivity contribution in [1.82, 2.24) is 5.32 Å². The number of benzene rings is 1.